The van der Waals surface area contributed by atoms with Gasteiger partial charge in [0, 0.05) is 62.8 Å². The molecule has 1 aromatic carbocycles. The molecule has 9 heteroatoms. The highest BCUT2D eigenvalue weighted by atomic mass is 35.5. The Hall–Kier alpha value is -1.41. The number of halogens is 2. The van der Waals surface area contributed by atoms with Crippen molar-refractivity contribution >= 4 is 35.6 Å². The van der Waals surface area contributed by atoms with Gasteiger partial charge in [0.15, 0.2) is 0 Å². The van der Waals surface area contributed by atoms with Crippen molar-refractivity contribution < 1.29 is 9.72 Å². The molecule has 0 unspecified atom stereocenters. The first-order valence-electron chi connectivity index (χ1n) is 7.57. The van der Waals surface area contributed by atoms with Gasteiger partial charge in [0.1, 0.15) is 0 Å². The number of amides is 1. The number of non-ortho nitro benzene ring substituents is 1. The fourth-order valence-corrected chi connectivity index (χ4v) is 2.70. The smallest absolute Gasteiger partial charge is 0.269 e. The molecule has 0 saturated carbocycles. The molecule has 134 valence electrons. The van der Waals surface area contributed by atoms with Crippen LogP contribution in [0.3, 0.4) is 0 Å². The van der Waals surface area contributed by atoms with E-state index in [-0.39, 0.29) is 24.0 Å². The second-order valence-electron chi connectivity index (χ2n) is 5.65. The molecule has 1 saturated heterocycles. The predicted octanol–water partition coefficient (Wildman–Crippen LogP) is 1.92. The van der Waals surface area contributed by atoms with Crippen LogP contribution in [0.1, 0.15) is 12.0 Å². The van der Waals surface area contributed by atoms with Crippen molar-refractivity contribution in [3.8, 4) is 0 Å². The molecular formula is C15H22Cl2N4O3. The van der Waals surface area contributed by atoms with Crippen LogP contribution in [0.25, 0.3) is 0 Å². The first-order chi connectivity index (χ1) is 11.0. The Balaban J connectivity index is 0.00000288. The molecule has 1 fully saturated rings. The van der Waals surface area contributed by atoms with E-state index in [4.69, 9.17) is 11.6 Å². The van der Waals surface area contributed by atoms with E-state index >= 15 is 0 Å². The zero-order valence-electron chi connectivity index (χ0n) is 13.5. The van der Waals surface area contributed by atoms with Gasteiger partial charge in [0.25, 0.3) is 5.69 Å². The van der Waals surface area contributed by atoms with Crippen LogP contribution in [0, 0.1) is 10.1 Å². The van der Waals surface area contributed by atoms with E-state index in [1.807, 2.05) is 16.8 Å². The van der Waals surface area contributed by atoms with Gasteiger partial charge in [-0.3, -0.25) is 14.9 Å². The lowest BCUT2D eigenvalue weighted by atomic mass is 10.2. The summed E-state index contributed by atoms with van der Waals surface area (Å²) in [5.41, 5.74) is 0.715. The molecular weight excluding hydrogens is 355 g/mol. The highest BCUT2D eigenvalue weighted by molar-refractivity contribution is 6.31. The van der Waals surface area contributed by atoms with Crippen molar-refractivity contribution in [2.24, 2.45) is 0 Å². The van der Waals surface area contributed by atoms with Gasteiger partial charge in [-0.25, -0.2) is 0 Å². The predicted molar refractivity (Wildman–Crippen MR) is 95.8 cm³/mol. The standard InChI is InChI=1S/C15H21ClN4O3.ClH/c1-18(7-4-15(21)19-8-5-17-6-9-19)11-12-10-13(20(22)23)2-3-14(12)16;/h2-3,10,17H,4-9,11H2,1H3;1H. The molecule has 0 aromatic heterocycles. The Kier molecular flexibility index (Phi) is 8.41. The van der Waals surface area contributed by atoms with Crippen LogP contribution in [0.5, 0.6) is 0 Å². The van der Waals surface area contributed by atoms with E-state index in [1.165, 1.54) is 18.2 Å². The summed E-state index contributed by atoms with van der Waals surface area (Å²) in [5, 5.41) is 14.5. The van der Waals surface area contributed by atoms with E-state index < -0.39 is 4.92 Å². The average Bonchev–Trinajstić information content (AvgIpc) is 2.55. The monoisotopic (exact) mass is 376 g/mol. The minimum absolute atomic E-state index is 0. The third-order valence-corrected chi connectivity index (χ3v) is 4.23. The molecule has 1 heterocycles. The highest BCUT2D eigenvalue weighted by Crippen LogP contribution is 2.23. The lowest BCUT2D eigenvalue weighted by Crippen LogP contribution is -2.47. The molecule has 1 aromatic rings. The number of piperazine rings is 1. The van der Waals surface area contributed by atoms with E-state index in [0.29, 0.717) is 30.1 Å². The van der Waals surface area contributed by atoms with Crippen molar-refractivity contribution in [1.82, 2.24) is 15.1 Å². The van der Waals surface area contributed by atoms with Crippen LogP contribution in [0.2, 0.25) is 5.02 Å². The Morgan fingerprint density at radius 3 is 2.71 bits per heavy atom. The van der Waals surface area contributed by atoms with Crippen LogP contribution < -0.4 is 5.32 Å². The average molecular weight is 377 g/mol. The zero-order chi connectivity index (χ0) is 16.8. The van der Waals surface area contributed by atoms with E-state index in [0.717, 1.165) is 26.2 Å². The number of nitro groups is 1. The molecule has 0 aliphatic carbocycles. The quantitative estimate of drug-likeness (QED) is 0.605. The van der Waals surface area contributed by atoms with Crippen LogP contribution in [0.15, 0.2) is 18.2 Å². The molecule has 7 nitrogen and oxygen atoms in total. The number of benzene rings is 1. The third-order valence-electron chi connectivity index (χ3n) is 3.86. The van der Waals surface area contributed by atoms with Crippen LogP contribution >= 0.6 is 24.0 Å². The van der Waals surface area contributed by atoms with Gasteiger partial charge in [0.05, 0.1) is 4.92 Å². The number of hydrogen-bond donors (Lipinski definition) is 1. The summed E-state index contributed by atoms with van der Waals surface area (Å²) >= 11 is 6.10. The third kappa shape index (κ3) is 5.90. The topological polar surface area (TPSA) is 78.7 Å². The molecule has 1 aliphatic heterocycles. The van der Waals surface area contributed by atoms with Gasteiger partial charge in [-0.15, -0.1) is 12.4 Å². The fraction of sp³-hybridized carbons (Fsp3) is 0.533. The van der Waals surface area contributed by atoms with Gasteiger partial charge in [-0.1, -0.05) is 11.6 Å². The van der Waals surface area contributed by atoms with Crippen molar-refractivity contribution in [2.45, 2.75) is 13.0 Å². The fourth-order valence-electron chi connectivity index (χ4n) is 2.52. The molecule has 0 spiro atoms. The first-order valence-corrected chi connectivity index (χ1v) is 7.95. The maximum Gasteiger partial charge on any atom is 0.269 e. The summed E-state index contributed by atoms with van der Waals surface area (Å²) in [6.07, 6.45) is 0.434. The SMILES string of the molecule is CN(CCC(=O)N1CCNCC1)Cc1cc([N+](=O)[O-])ccc1Cl.Cl. The van der Waals surface area contributed by atoms with Gasteiger partial charge < -0.3 is 15.1 Å². The number of nitrogens with one attached hydrogen (secondary N) is 1. The normalized spacial score (nSPS) is 14.4. The van der Waals surface area contributed by atoms with E-state index in [2.05, 4.69) is 5.32 Å². The molecule has 2 rings (SSSR count). The molecule has 0 atom stereocenters. The van der Waals surface area contributed by atoms with Crippen molar-refractivity contribution in [1.29, 1.82) is 0 Å². The van der Waals surface area contributed by atoms with Crippen LogP contribution in [0.4, 0.5) is 5.69 Å². The van der Waals surface area contributed by atoms with E-state index in [1.54, 1.807) is 0 Å². The van der Waals surface area contributed by atoms with Gasteiger partial charge in [0.2, 0.25) is 5.91 Å². The molecule has 1 N–H and O–H groups in total. The summed E-state index contributed by atoms with van der Waals surface area (Å²) in [5.74, 6) is 0.142. The summed E-state index contributed by atoms with van der Waals surface area (Å²) in [6, 6.07) is 4.41. The van der Waals surface area contributed by atoms with E-state index in [9.17, 15) is 14.9 Å². The molecule has 1 aliphatic rings. The maximum absolute atomic E-state index is 12.1. The van der Waals surface area contributed by atoms with Crippen molar-refractivity contribution in [3.05, 3.63) is 38.9 Å². The van der Waals surface area contributed by atoms with Gasteiger partial charge in [-0.2, -0.15) is 0 Å². The Labute approximate surface area is 152 Å². The Morgan fingerprint density at radius 1 is 1.42 bits per heavy atom. The summed E-state index contributed by atoms with van der Waals surface area (Å²) < 4.78 is 0. The number of nitro benzene ring substituents is 1. The Bertz CT molecular complexity index is 580. The molecule has 24 heavy (non-hydrogen) atoms. The van der Waals surface area contributed by atoms with Gasteiger partial charge >= 0.3 is 0 Å². The number of hydrogen-bond acceptors (Lipinski definition) is 5. The number of nitrogens with zero attached hydrogens (tertiary/aromatic N) is 3. The number of carbonyl (C=O) groups is 1. The lowest BCUT2D eigenvalue weighted by molar-refractivity contribution is -0.384. The first kappa shape index (κ1) is 20.6. The second kappa shape index (κ2) is 9.78. The van der Waals surface area contributed by atoms with Crippen molar-refractivity contribution in [3.63, 3.8) is 0 Å². The maximum atomic E-state index is 12.1. The largest absolute Gasteiger partial charge is 0.340 e. The second-order valence-corrected chi connectivity index (χ2v) is 6.06. The number of carbonyl (C=O) groups excluding carboxylic acids is 1. The lowest BCUT2D eigenvalue weighted by Gasteiger charge is -2.28. The highest BCUT2D eigenvalue weighted by Gasteiger charge is 2.17. The number of rotatable bonds is 6. The van der Waals surface area contributed by atoms with Gasteiger partial charge in [-0.05, 0) is 18.7 Å². The summed E-state index contributed by atoms with van der Waals surface area (Å²) in [6.45, 7) is 4.23. The van der Waals surface area contributed by atoms with Crippen LogP contribution in [-0.2, 0) is 11.3 Å². The summed E-state index contributed by atoms with van der Waals surface area (Å²) in [4.78, 5) is 26.3. The Morgan fingerprint density at radius 2 is 2.08 bits per heavy atom. The van der Waals surface area contributed by atoms with Crippen molar-refractivity contribution in [2.75, 3.05) is 39.8 Å². The van der Waals surface area contributed by atoms with Crippen LogP contribution in [-0.4, -0.2) is 60.4 Å². The zero-order valence-corrected chi connectivity index (χ0v) is 15.1. The minimum atomic E-state index is -0.437. The summed E-state index contributed by atoms with van der Waals surface area (Å²) in [7, 11) is 1.88. The minimum Gasteiger partial charge on any atom is -0.340 e. The molecule has 1 amide bonds. The molecule has 0 bridgehead atoms. The molecule has 0 radical (unpaired) electrons.